The first kappa shape index (κ1) is 52.9. The van der Waals surface area contributed by atoms with Crippen LogP contribution < -0.4 is 10.6 Å². The van der Waals surface area contributed by atoms with Crippen LogP contribution in [0, 0.1) is 51.8 Å². The van der Waals surface area contributed by atoms with Crippen LogP contribution in [0.4, 0.5) is 0 Å². The lowest BCUT2D eigenvalue weighted by Gasteiger charge is -2.44. The van der Waals surface area contributed by atoms with Gasteiger partial charge in [-0.1, -0.05) is 105 Å². The summed E-state index contributed by atoms with van der Waals surface area (Å²) in [5.41, 5.74) is 1.29. The number of carbonyl (C=O) groups excluding carboxylic acids is 2. The van der Waals surface area contributed by atoms with Crippen molar-refractivity contribution in [3.05, 3.63) is 0 Å². The average molecular weight is 763 g/mol. The van der Waals surface area contributed by atoms with E-state index in [9.17, 15) is 9.59 Å². The standard InChI is InChI=1S/C17H34N2.C15H29NO.C14H27NO.2CH4/c1-14(17(2,3)4)15-6-8-16(9-7-15)19-12-10-18(5)11-13-19;1-6-14(17)16-13-9-7-12(8-10-13)11(2)15(3,4)5;1-10(14(3,4)5)12-6-8-13(9-7-12)15-11(2)16;;/h14-16H,6-13H2,1-5H3;11-13H,6-10H2,1-5H3,(H,16,17);10,12-13H,6-9H2,1-5H3,(H,15,16);2*1H4/t14-,15?,16?;11-,12?,13?;10-,12?,13?;;/m111../s1. The molecule has 6 nitrogen and oxygen atoms in total. The van der Waals surface area contributed by atoms with Gasteiger partial charge < -0.3 is 15.5 Å². The monoisotopic (exact) mass is 763 g/mol. The normalized spacial score (nSPS) is 28.9. The molecule has 0 spiro atoms. The van der Waals surface area contributed by atoms with E-state index in [4.69, 9.17) is 0 Å². The Labute approximate surface area is 339 Å². The zero-order chi connectivity index (χ0) is 39.4. The summed E-state index contributed by atoms with van der Waals surface area (Å²) in [6, 6.07) is 1.75. The van der Waals surface area contributed by atoms with Gasteiger partial charge in [0.25, 0.3) is 0 Å². The Morgan fingerprint density at radius 2 is 0.870 bits per heavy atom. The van der Waals surface area contributed by atoms with Crippen LogP contribution in [0.25, 0.3) is 0 Å². The number of nitrogens with one attached hydrogen (secondary N) is 2. The molecule has 0 unspecified atom stereocenters. The predicted molar refractivity (Wildman–Crippen MR) is 238 cm³/mol. The fourth-order valence-electron chi connectivity index (χ4n) is 9.42. The van der Waals surface area contributed by atoms with Crippen molar-refractivity contribution in [1.82, 2.24) is 20.4 Å². The van der Waals surface area contributed by atoms with E-state index < -0.39 is 0 Å². The molecule has 0 aromatic heterocycles. The Morgan fingerprint density at radius 1 is 0.556 bits per heavy atom. The molecule has 0 bridgehead atoms. The third kappa shape index (κ3) is 18.4. The summed E-state index contributed by atoms with van der Waals surface area (Å²) < 4.78 is 0. The van der Waals surface area contributed by atoms with Gasteiger partial charge in [-0.25, -0.2) is 0 Å². The van der Waals surface area contributed by atoms with Crippen LogP contribution in [0.2, 0.25) is 0 Å². The zero-order valence-electron chi connectivity index (χ0n) is 37.4. The molecule has 0 aromatic rings. The van der Waals surface area contributed by atoms with Gasteiger partial charge in [0.05, 0.1) is 0 Å². The maximum Gasteiger partial charge on any atom is 0.219 e. The van der Waals surface area contributed by atoms with Crippen LogP contribution in [0.3, 0.4) is 0 Å². The first-order valence-electron chi connectivity index (χ1n) is 22.0. The van der Waals surface area contributed by atoms with E-state index in [2.05, 4.69) is 111 Å². The van der Waals surface area contributed by atoms with Crippen LogP contribution in [-0.2, 0) is 9.59 Å². The van der Waals surface area contributed by atoms with Crippen molar-refractivity contribution in [3.8, 4) is 0 Å². The van der Waals surface area contributed by atoms with Gasteiger partial charge >= 0.3 is 0 Å². The minimum Gasteiger partial charge on any atom is -0.354 e. The zero-order valence-corrected chi connectivity index (χ0v) is 37.4. The second-order valence-electron chi connectivity index (χ2n) is 21.2. The van der Waals surface area contributed by atoms with Gasteiger partial charge in [0.15, 0.2) is 0 Å². The molecular formula is C48H98N4O2. The molecule has 54 heavy (non-hydrogen) atoms. The average Bonchev–Trinajstić information content (AvgIpc) is 3.07. The van der Waals surface area contributed by atoms with E-state index in [1.54, 1.807) is 6.92 Å². The Morgan fingerprint density at radius 3 is 1.17 bits per heavy atom. The highest BCUT2D eigenvalue weighted by atomic mass is 16.2. The first-order chi connectivity index (χ1) is 24.0. The molecule has 2 amide bonds. The van der Waals surface area contributed by atoms with Crippen LogP contribution in [0.1, 0.15) is 195 Å². The summed E-state index contributed by atoms with van der Waals surface area (Å²) >= 11 is 0. The molecule has 3 saturated carbocycles. The smallest absolute Gasteiger partial charge is 0.219 e. The largest absolute Gasteiger partial charge is 0.354 e. The lowest BCUT2D eigenvalue weighted by molar-refractivity contribution is -0.122. The molecule has 4 fully saturated rings. The molecule has 0 aromatic carbocycles. The summed E-state index contributed by atoms with van der Waals surface area (Å²) in [7, 11) is 2.25. The van der Waals surface area contributed by atoms with E-state index in [-0.39, 0.29) is 26.7 Å². The summed E-state index contributed by atoms with van der Waals surface area (Å²) in [4.78, 5) is 27.5. The molecule has 1 saturated heterocycles. The van der Waals surface area contributed by atoms with Crippen molar-refractivity contribution in [2.75, 3.05) is 33.2 Å². The van der Waals surface area contributed by atoms with Crippen LogP contribution >= 0.6 is 0 Å². The summed E-state index contributed by atoms with van der Waals surface area (Å²) in [6.07, 6.45) is 16.1. The van der Waals surface area contributed by atoms with E-state index in [0.29, 0.717) is 34.7 Å². The molecule has 6 heteroatoms. The van der Waals surface area contributed by atoms with E-state index >= 15 is 0 Å². The maximum atomic E-state index is 11.3. The van der Waals surface area contributed by atoms with Crippen molar-refractivity contribution in [1.29, 1.82) is 0 Å². The van der Waals surface area contributed by atoms with Crippen molar-refractivity contribution < 1.29 is 9.59 Å². The molecule has 3 aliphatic carbocycles. The predicted octanol–water partition coefficient (Wildman–Crippen LogP) is 11.9. The van der Waals surface area contributed by atoms with Crippen LogP contribution in [0.5, 0.6) is 0 Å². The van der Waals surface area contributed by atoms with Crippen molar-refractivity contribution in [2.24, 2.45) is 51.8 Å². The Balaban J connectivity index is 0.000000770. The molecule has 322 valence electrons. The summed E-state index contributed by atoms with van der Waals surface area (Å²) in [5.74, 6) is 5.36. The van der Waals surface area contributed by atoms with Gasteiger partial charge in [0.1, 0.15) is 0 Å². The fraction of sp³-hybridized carbons (Fsp3) is 0.958. The molecule has 4 rings (SSSR count). The SMILES string of the molecule is C.C.CC(=O)NC1CCC([C@@H](C)C(C)(C)C)CC1.CCC(=O)NC1CCC([C@@H](C)C(C)(C)C)CC1.C[C@H](C1CCC(N2CCN(C)CC2)CC1)C(C)(C)C. The highest BCUT2D eigenvalue weighted by Crippen LogP contribution is 2.42. The van der Waals surface area contributed by atoms with Gasteiger partial charge in [0.2, 0.25) is 11.8 Å². The topological polar surface area (TPSA) is 64.7 Å². The summed E-state index contributed by atoms with van der Waals surface area (Å²) in [5, 5.41) is 6.17. The number of rotatable bonds is 7. The Bertz CT molecular complexity index is 1010. The third-order valence-corrected chi connectivity index (χ3v) is 14.7. The molecule has 4 aliphatic rings. The van der Waals surface area contributed by atoms with E-state index in [1.807, 2.05) is 6.92 Å². The van der Waals surface area contributed by atoms with Crippen LogP contribution in [-0.4, -0.2) is 73.0 Å². The van der Waals surface area contributed by atoms with Crippen molar-refractivity contribution in [2.45, 2.75) is 213 Å². The Kier molecular flexibility index (Phi) is 23.4. The highest BCUT2D eigenvalue weighted by Gasteiger charge is 2.35. The lowest BCUT2D eigenvalue weighted by Crippen LogP contribution is -2.50. The minimum atomic E-state index is 0. The van der Waals surface area contributed by atoms with Gasteiger partial charge in [0, 0.05) is 57.6 Å². The lowest BCUT2D eigenvalue weighted by atomic mass is 9.68. The van der Waals surface area contributed by atoms with Gasteiger partial charge in [-0.2, -0.15) is 0 Å². The number of piperazine rings is 1. The van der Waals surface area contributed by atoms with E-state index in [1.165, 1.54) is 77.5 Å². The van der Waals surface area contributed by atoms with Crippen molar-refractivity contribution >= 4 is 11.8 Å². The number of hydrogen-bond donors (Lipinski definition) is 2. The number of nitrogens with zero attached hydrogens (tertiary/aromatic N) is 2. The minimum absolute atomic E-state index is 0. The van der Waals surface area contributed by atoms with Gasteiger partial charge in [-0.15, -0.1) is 0 Å². The van der Waals surface area contributed by atoms with Crippen LogP contribution in [0.15, 0.2) is 0 Å². The number of hydrogen-bond acceptors (Lipinski definition) is 4. The quantitative estimate of drug-likeness (QED) is 0.271. The fourth-order valence-corrected chi connectivity index (χ4v) is 9.42. The maximum absolute atomic E-state index is 11.3. The first-order valence-corrected chi connectivity index (χ1v) is 22.0. The molecule has 1 aliphatic heterocycles. The van der Waals surface area contributed by atoms with Crippen molar-refractivity contribution in [3.63, 3.8) is 0 Å². The number of carbonyl (C=O) groups is 2. The molecule has 0 radical (unpaired) electrons. The molecule has 1 heterocycles. The van der Waals surface area contributed by atoms with Gasteiger partial charge in [-0.05, 0) is 136 Å². The Hall–Kier alpha value is -1.14. The number of likely N-dealkylation sites (N-methyl/N-ethyl adjacent to an activating group) is 1. The van der Waals surface area contributed by atoms with Gasteiger partial charge in [-0.3, -0.25) is 14.5 Å². The molecular weight excluding hydrogens is 665 g/mol. The summed E-state index contributed by atoms with van der Waals surface area (Å²) in [6.45, 7) is 37.1. The number of amides is 2. The molecule has 3 atom stereocenters. The highest BCUT2D eigenvalue weighted by molar-refractivity contribution is 5.75. The second kappa shape index (κ2) is 23.9. The second-order valence-corrected chi connectivity index (χ2v) is 21.2. The third-order valence-electron chi connectivity index (χ3n) is 14.7. The van der Waals surface area contributed by atoms with E-state index in [0.717, 1.165) is 67.2 Å². The molecule has 2 N–H and O–H groups in total.